The van der Waals surface area contributed by atoms with Gasteiger partial charge in [0.25, 0.3) is 0 Å². The number of para-hydroxylation sites is 5. The SMILES string of the molecule is N#Cc1cc(-c2nc(-c3ccccc3)nc(-c3ccccc3)n2)ccc1-n1c2ccccc2c2c3c(c4ccccc4n3-c3ccccc3)c3c(c4ccccc4n3-c3ccccc3)c21. The van der Waals surface area contributed by atoms with Gasteiger partial charge in [-0.1, -0.05) is 152 Å². The van der Waals surface area contributed by atoms with Crippen LogP contribution in [0.15, 0.2) is 212 Å². The first-order valence-corrected chi connectivity index (χ1v) is 21.7. The summed E-state index contributed by atoms with van der Waals surface area (Å²) in [6.45, 7) is 0. The summed E-state index contributed by atoms with van der Waals surface area (Å²) in [5.74, 6) is 1.62. The second-order valence-electron chi connectivity index (χ2n) is 16.3. The smallest absolute Gasteiger partial charge is 0.164 e. The van der Waals surface area contributed by atoms with Crippen LogP contribution in [0.1, 0.15) is 5.56 Å². The van der Waals surface area contributed by atoms with E-state index in [2.05, 4.69) is 159 Å². The third kappa shape index (κ3) is 5.51. The van der Waals surface area contributed by atoms with Crippen molar-refractivity contribution in [2.75, 3.05) is 0 Å². The fourth-order valence-electron chi connectivity index (χ4n) is 9.99. The molecule has 4 heterocycles. The second-order valence-corrected chi connectivity index (χ2v) is 16.3. The summed E-state index contributed by atoms with van der Waals surface area (Å²) in [4.78, 5) is 15.0. The Morgan fingerprint density at radius 3 is 1.12 bits per heavy atom. The summed E-state index contributed by atoms with van der Waals surface area (Å²) in [7, 11) is 0. The number of nitriles is 1. The van der Waals surface area contributed by atoms with Crippen molar-refractivity contribution in [1.82, 2.24) is 28.7 Å². The first-order chi connectivity index (χ1) is 32.2. The quantitative estimate of drug-likeness (QED) is 0.167. The molecule has 0 spiro atoms. The van der Waals surface area contributed by atoms with Crippen molar-refractivity contribution in [2.24, 2.45) is 0 Å². The average molecular weight is 830 g/mol. The van der Waals surface area contributed by atoms with Gasteiger partial charge in [-0.25, -0.2) is 15.0 Å². The lowest BCUT2D eigenvalue weighted by atomic mass is 10.0. The summed E-state index contributed by atoms with van der Waals surface area (Å²) < 4.78 is 7.18. The minimum absolute atomic E-state index is 0.491. The molecule has 0 saturated heterocycles. The number of rotatable bonds is 6. The van der Waals surface area contributed by atoms with Gasteiger partial charge in [0, 0.05) is 60.4 Å². The predicted molar refractivity (Wildman–Crippen MR) is 264 cm³/mol. The number of aromatic nitrogens is 6. The molecule has 0 fully saturated rings. The molecule has 0 atom stereocenters. The summed E-state index contributed by atoms with van der Waals surface area (Å²) in [6, 6.07) is 76.0. The van der Waals surface area contributed by atoms with Gasteiger partial charge in [0.05, 0.1) is 44.4 Å². The van der Waals surface area contributed by atoms with E-state index in [1.165, 1.54) is 10.8 Å². The molecule has 0 aliphatic carbocycles. The summed E-state index contributed by atoms with van der Waals surface area (Å²) in [5.41, 5.74) is 12.4. The van der Waals surface area contributed by atoms with Crippen LogP contribution in [-0.2, 0) is 0 Å². The Bertz CT molecular complexity index is 3920. The monoisotopic (exact) mass is 829 g/mol. The van der Waals surface area contributed by atoms with Crippen LogP contribution in [-0.4, -0.2) is 28.7 Å². The van der Waals surface area contributed by atoms with E-state index in [4.69, 9.17) is 15.0 Å². The lowest BCUT2D eigenvalue weighted by molar-refractivity contribution is 1.07. The van der Waals surface area contributed by atoms with E-state index < -0.39 is 0 Å². The molecule has 0 aliphatic heterocycles. The molecule has 0 radical (unpaired) electrons. The third-order valence-electron chi connectivity index (χ3n) is 12.7. The normalized spacial score (nSPS) is 11.7. The van der Waals surface area contributed by atoms with Crippen LogP contribution in [0, 0.1) is 11.3 Å². The van der Waals surface area contributed by atoms with Crippen molar-refractivity contribution in [1.29, 1.82) is 5.26 Å². The maximum atomic E-state index is 11.3. The Morgan fingerprint density at radius 1 is 0.338 bits per heavy atom. The van der Waals surface area contributed by atoms with Crippen molar-refractivity contribution < 1.29 is 0 Å². The fraction of sp³-hybridized carbons (Fsp3) is 0. The maximum absolute atomic E-state index is 11.3. The first-order valence-electron chi connectivity index (χ1n) is 21.7. The summed E-state index contributed by atoms with van der Waals surface area (Å²) in [5, 5.41) is 18.1. The largest absolute Gasteiger partial charge is 0.308 e. The topological polar surface area (TPSA) is 77.2 Å². The van der Waals surface area contributed by atoms with Gasteiger partial charge >= 0.3 is 0 Å². The zero-order chi connectivity index (χ0) is 43.0. The molecule has 7 heteroatoms. The van der Waals surface area contributed by atoms with E-state index in [1.54, 1.807) is 0 Å². The maximum Gasteiger partial charge on any atom is 0.164 e. The molecule has 9 aromatic carbocycles. The molecule has 0 bridgehead atoms. The van der Waals surface area contributed by atoms with E-state index in [0.29, 0.717) is 23.0 Å². The second kappa shape index (κ2) is 14.5. The van der Waals surface area contributed by atoms with Crippen LogP contribution in [0.3, 0.4) is 0 Å². The molecular formula is C58H35N7. The predicted octanol–water partition coefficient (Wildman–Crippen LogP) is 14.0. The van der Waals surface area contributed by atoms with Crippen LogP contribution >= 0.6 is 0 Å². The van der Waals surface area contributed by atoms with Gasteiger partial charge < -0.3 is 13.7 Å². The molecule has 0 amide bonds. The number of hydrogen-bond donors (Lipinski definition) is 0. The van der Waals surface area contributed by atoms with Crippen molar-refractivity contribution in [3.63, 3.8) is 0 Å². The van der Waals surface area contributed by atoms with Gasteiger partial charge in [-0.15, -0.1) is 0 Å². The Hall–Kier alpha value is -9.12. The molecule has 302 valence electrons. The zero-order valence-corrected chi connectivity index (χ0v) is 34.8. The lowest BCUT2D eigenvalue weighted by Crippen LogP contribution is -2.02. The fourth-order valence-corrected chi connectivity index (χ4v) is 9.99. The number of hydrogen-bond acceptors (Lipinski definition) is 4. The molecule has 0 N–H and O–H groups in total. The van der Waals surface area contributed by atoms with Gasteiger partial charge in [-0.05, 0) is 60.7 Å². The average Bonchev–Trinajstić information content (AvgIpc) is 4.03. The minimum Gasteiger partial charge on any atom is -0.308 e. The molecule has 13 rings (SSSR count). The van der Waals surface area contributed by atoms with Crippen LogP contribution < -0.4 is 0 Å². The van der Waals surface area contributed by atoms with Gasteiger partial charge in [-0.2, -0.15) is 5.26 Å². The highest BCUT2D eigenvalue weighted by atomic mass is 15.1. The van der Waals surface area contributed by atoms with E-state index >= 15 is 0 Å². The summed E-state index contributed by atoms with van der Waals surface area (Å²) >= 11 is 0. The van der Waals surface area contributed by atoms with Crippen molar-refractivity contribution in [3.05, 3.63) is 218 Å². The molecule has 0 aliphatic rings. The third-order valence-corrected chi connectivity index (χ3v) is 12.7. The highest BCUT2D eigenvalue weighted by Gasteiger charge is 2.29. The van der Waals surface area contributed by atoms with Crippen LogP contribution in [0.2, 0.25) is 0 Å². The Balaban J connectivity index is 1.19. The van der Waals surface area contributed by atoms with Gasteiger partial charge in [0.15, 0.2) is 17.5 Å². The number of benzene rings is 9. The summed E-state index contributed by atoms with van der Waals surface area (Å²) in [6.07, 6.45) is 0. The molecule has 7 nitrogen and oxygen atoms in total. The van der Waals surface area contributed by atoms with Crippen LogP contribution in [0.5, 0.6) is 0 Å². The number of fused-ring (bicyclic) bond motifs is 12. The Kier molecular flexibility index (Phi) is 8.14. The van der Waals surface area contributed by atoms with Crippen molar-refractivity contribution >= 4 is 65.4 Å². The minimum atomic E-state index is 0.491. The molecular weight excluding hydrogens is 795 g/mol. The van der Waals surface area contributed by atoms with Crippen LogP contribution in [0.25, 0.3) is 117 Å². The van der Waals surface area contributed by atoms with Gasteiger partial charge in [-0.3, -0.25) is 0 Å². The lowest BCUT2D eigenvalue weighted by Gasteiger charge is -2.15. The Labute approximate surface area is 373 Å². The highest BCUT2D eigenvalue weighted by Crippen LogP contribution is 2.50. The molecule has 13 aromatic rings. The Morgan fingerprint density at radius 2 is 0.692 bits per heavy atom. The molecule has 0 unspecified atom stereocenters. The van der Waals surface area contributed by atoms with E-state index in [9.17, 15) is 5.26 Å². The molecule has 4 aromatic heterocycles. The highest BCUT2D eigenvalue weighted by molar-refractivity contribution is 6.40. The first kappa shape index (κ1) is 36.5. The van der Waals surface area contributed by atoms with Gasteiger partial charge in [0.2, 0.25) is 0 Å². The molecule has 0 saturated carbocycles. The van der Waals surface area contributed by atoms with E-state index in [1.807, 2.05) is 72.8 Å². The standard InChI is InChI=1S/C58H35N7/c59-36-40-35-39(58-61-56(37-19-5-1-6-20-37)60-57(62-58)38-21-7-2-8-22-38)33-34-46(40)65-49-32-18-15-29-45(49)52-54-50(43-27-13-16-30-47(43)63(54)41-23-9-3-10-24-41)53-51(55(52)65)44-28-14-17-31-48(44)64(53)42-25-11-4-12-26-42/h1-35H. The zero-order valence-electron chi connectivity index (χ0n) is 34.8. The van der Waals surface area contributed by atoms with Gasteiger partial charge in [0.1, 0.15) is 6.07 Å². The van der Waals surface area contributed by atoms with Crippen LogP contribution in [0.4, 0.5) is 0 Å². The van der Waals surface area contributed by atoms with Crippen molar-refractivity contribution in [3.8, 4) is 57.3 Å². The number of nitrogens with zero attached hydrogens (tertiary/aromatic N) is 7. The molecule has 65 heavy (non-hydrogen) atoms. The van der Waals surface area contributed by atoms with Crippen molar-refractivity contribution in [2.45, 2.75) is 0 Å². The van der Waals surface area contributed by atoms with E-state index in [0.717, 1.165) is 88.4 Å². The van der Waals surface area contributed by atoms with E-state index in [-0.39, 0.29) is 0 Å².